The van der Waals surface area contributed by atoms with Crippen molar-refractivity contribution in [3.63, 3.8) is 0 Å². The fraction of sp³-hybridized carbons (Fsp3) is 0.233. The molecule has 220 valence electrons. The molecule has 0 spiro atoms. The number of carbonyl (C=O) groups excluding carboxylic acids is 2. The summed E-state index contributed by atoms with van der Waals surface area (Å²) in [6, 6.07) is 18.2. The van der Waals surface area contributed by atoms with E-state index in [0.717, 1.165) is 36.3 Å². The largest absolute Gasteiger partial charge is 0.416 e. The number of amides is 1. The van der Waals surface area contributed by atoms with Crippen molar-refractivity contribution in [2.75, 3.05) is 25.5 Å². The zero-order valence-electron chi connectivity index (χ0n) is 23.3. The van der Waals surface area contributed by atoms with Crippen LogP contribution in [0, 0.1) is 17.3 Å². The van der Waals surface area contributed by atoms with Gasteiger partial charge in [-0.05, 0) is 61.4 Å². The Labute approximate surface area is 236 Å². The van der Waals surface area contributed by atoms with Crippen LogP contribution < -0.4 is 16.4 Å². The molecule has 0 aliphatic rings. The number of halogens is 4. The Hall–Kier alpha value is -5.51. The van der Waals surface area contributed by atoms with Gasteiger partial charge in [0.05, 0.1) is 11.6 Å². The molecular formula is C30H32F4N5O2Rf-. The number of aldehydes is 1. The third kappa shape index (κ3) is 11.3. The quantitative estimate of drug-likeness (QED) is 0.0936. The summed E-state index contributed by atoms with van der Waals surface area (Å²) in [7, 11) is 1.95. The van der Waals surface area contributed by atoms with Crippen LogP contribution in [-0.4, -0.2) is 49.0 Å². The Morgan fingerprint density at radius 2 is 1.71 bits per heavy atom. The molecule has 1 amide bonds. The molecular weight excluding hydrogens is 805 g/mol. The van der Waals surface area contributed by atoms with E-state index in [-0.39, 0.29) is 24.2 Å². The summed E-state index contributed by atoms with van der Waals surface area (Å²) < 4.78 is 50.8. The van der Waals surface area contributed by atoms with Crippen molar-refractivity contribution in [3.05, 3.63) is 113 Å². The van der Waals surface area contributed by atoms with Crippen LogP contribution in [0.4, 0.5) is 23.2 Å². The summed E-state index contributed by atoms with van der Waals surface area (Å²) in [4.78, 5) is 25.1. The van der Waals surface area contributed by atoms with Gasteiger partial charge in [0.25, 0.3) is 5.91 Å². The second-order valence-electron chi connectivity index (χ2n) is 8.79. The number of rotatable bonds is 11. The molecule has 1 unspecified atom stereocenters. The number of alkyl halides is 3. The molecule has 0 heterocycles. The number of nitrogens with two attached hydrogens (primary N) is 1. The molecule has 0 saturated heterocycles. The molecule has 0 radical (unpaired) electrons. The molecule has 0 aliphatic heterocycles. The third-order valence-corrected chi connectivity index (χ3v) is 5.67. The fourth-order valence-corrected chi connectivity index (χ4v) is 3.33. The summed E-state index contributed by atoms with van der Waals surface area (Å²) in [5.74, 6) is -0.469. The molecule has 0 bridgehead atoms. The predicted octanol–water partition coefficient (Wildman–Crippen LogP) is 5.06. The summed E-state index contributed by atoms with van der Waals surface area (Å²) in [5.41, 5.74) is 6.13. The van der Waals surface area contributed by atoms with Crippen LogP contribution in [0.5, 0.6) is 0 Å². The number of hydrogen-bond donors (Lipinski definition) is 4. The van der Waals surface area contributed by atoms with Crippen molar-refractivity contribution in [3.8, 4) is 0 Å². The van der Waals surface area contributed by atoms with Gasteiger partial charge in [0.2, 0.25) is 0 Å². The first-order chi connectivity index (χ1) is 19.5. The Kier molecular flexibility index (Phi) is 13.6. The zero-order valence-corrected chi connectivity index (χ0v) is 29.7. The van der Waals surface area contributed by atoms with E-state index < -0.39 is 29.5 Å². The van der Waals surface area contributed by atoms with Gasteiger partial charge in [0, 0.05) is 31.4 Å². The fourth-order valence-electron chi connectivity index (χ4n) is 3.33. The smallest absolute Gasteiger partial charge is 0.407 e. The molecule has 7 nitrogen and oxygen atoms in total. The molecule has 3 aromatic rings. The first kappa shape index (κ1) is 34.5. The summed E-state index contributed by atoms with van der Waals surface area (Å²) in [6.07, 6.45) is -1.02. The standard InChI is InChI=1S/C17H13F4NO2.C13H19N4.Rf/c18-14-6-4-11(5-7-14)8-15(10-23)22-16(24)12-2-1-3-13(9-12)17(19,20)21;1-3-17(2)13(9-11(15)10-14)16-12-7-5-4-6-8-12;/h1-7,9-10,15H,8H2,(H,22,24);4-8,15-16H,3,10,14H2,1-2H3;/q;-1;. The molecule has 5 N–H and O–H groups in total. The zero-order chi connectivity index (χ0) is 30.4. The van der Waals surface area contributed by atoms with Crippen LogP contribution in [0.2, 0.25) is 0 Å². The number of carbonyl (C=O) groups is 2. The number of anilines is 1. The number of benzene rings is 3. The number of nitrogens with one attached hydrogen (secondary N) is 3. The first-order valence-electron chi connectivity index (χ1n) is 12.6. The van der Waals surface area contributed by atoms with Gasteiger partial charge in [-0.25, -0.2) is 4.39 Å². The maximum absolute atomic E-state index is 12.8. The molecule has 3 rings (SSSR count). The molecule has 0 fully saturated rings. The van der Waals surface area contributed by atoms with Gasteiger partial charge in [-0.15, -0.1) is 5.71 Å². The number of para-hydroxylation sites is 1. The van der Waals surface area contributed by atoms with Gasteiger partial charge < -0.3 is 37.5 Å². The van der Waals surface area contributed by atoms with Crippen molar-refractivity contribution in [2.24, 2.45) is 5.73 Å². The predicted molar refractivity (Wildman–Crippen MR) is 151 cm³/mol. The topological polar surface area (TPSA) is 111 Å². The molecule has 0 aromatic heterocycles. The Morgan fingerprint density at radius 1 is 1.07 bits per heavy atom. The van der Waals surface area contributed by atoms with Crippen LogP contribution in [0.3, 0.4) is 0 Å². The van der Waals surface area contributed by atoms with Gasteiger partial charge in [0.1, 0.15) is 12.1 Å². The minimum absolute atomic E-state index is 0. The van der Waals surface area contributed by atoms with E-state index >= 15 is 0 Å². The second-order valence-corrected chi connectivity index (χ2v) is 8.79. The molecule has 42 heavy (non-hydrogen) atoms. The van der Waals surface area contributed by atoms with E-state index in [2.05, 4.69) is 16.7 Å². The van der Waals surface area contributed by atoms with Gasteiger partial charge in [-0.3, -0.25) is 4.79 Å². The number of nitrogens with zero attached hydrogens (tertiary/aromatic N) is 1. The van der Waals surface area contributed by atoms with Crippen LogP contribution in [-0.2, 0) is 17.4 Å². The van der Waals surface area contributed by atoms with Gasteiger partial charge in [-0.2, -0.15) is 13.2 Å². The van der Waals surface area contributed by atoms with Gasteiger partial charge >= 0.3 is 6.18 Å². The SMILES string of the molecule is CCN(C)C(=[C-]C(=N)CN)Nc1ccccc1.O=CC(Cc1ccc(F)cc1)NC(=O)c1cccc(C(F)(F)F)c1.[Rf]. The second kappa shape index (κ2) is 16.6. The van der Waals surface area contributed by atoms with Crippen molar-refractivity contribution >= 4 is 23.6 Å². The third-order valence-electron chi connectivity index (χ3n) is 5.67. The molecule has 3 aromatic carbocycles. The summed E-state index contributed by atoms with van der Waals surface area (Å²) in [5, 5.41) is 13.2. The summed E-state index contributed by atoms with van der Waals surface area (Å²) in [6.45, 7) is 3.07. The molecule has 12 heteroatoms. The van der Waals surface area contributed by atoms with Crippen LogP contribution >= 0.6 is 0 Å². The van der Waals surface area contributed by atoms with E-state index in [0.29, 0.717) is 11.8 Å². The van der Waals surface area contributed by atoms with E-state index in [9.17, 15) is 27.2 Å². The normalized spacial score (nSPS) is 11.6. The van der Waals surface area contributed by atoms with Crippen molar-refractivity contribution in [2.45, 2.75) is 25.6 Å². The minimum Gasteiger partial charge on any atom is -0.407 e. The van der Waals surface area contributed by atoms with Crippen LogP contribution in [0.25, 0.3) is 0 Å². The van der Waals surface area contributed by atoms with Crippen molar-refractivity contribution < 1.29 is 27.2 Å². The van der Waals surface area contributed by atoms with Crippen molar-refractivity contribution in [1.82, 2.24) is 10.2 Å². The Morgan fingerprint density at radius 3 is 2.26 bits per heavy atom. The monoisotopic (exact) mass is 837 g/mol. The van der Waals surface area contributed by atoms with E-state index in [1.165, 1.54) is 30.3 Å². The molecule has 0 aliphatic carbocycles. The average molecular weight is 838 g/mol. The Bertz CT molecular complexity index is 1320. The van der Waals surface area contributed by atoms with E-state index in [1.807, 2.05) is 49.2 Å². The van der Waals surface area contributed by atoms with Crippen LogP contribution in [0.15, 0.2) is 84.7 Å². The maximum atomic E-state index is 12.8. The van der Waals surface area contributed by atoms with Gasteiger partial charge in [-0.1, -0.05) is 42.2 Å². The molecule has 1 atom stereocenters. The summed E-state index contributed by atoms with van der Waals surface area (Å²) >= 11 is 0. The first-order valence-corrected chi connectivity index (χ1v) is 12.6. The minimum atomic E-state index is -4.56. The average Bonchev–Trinajstić information content (AvgIpc) is 2.97. The number of hydrogen-bond acceptors (Lipinski definition) is 6. The van der Waals surface area contributed by atoms with E-state index in [4.69, 9.17) is 11.1 Å². The van der Waals surface area contributed by atoms with Crippen molar-refractivity contribution in [1.29, 1.82) is 5.41 Å². The van der Waals surface area contributed by atoms with Crippen LogP contribution in [0.1, 0.15) is 28.4 Å². The molecule has 0 saturated carbocycles. The Balaban J connectivity index is 0.000000434. The van der Waals surface area contributed by atoms with E-state index in [1.54, 1.807) is 0 Å². The maximum Gasteiger partial charge on any atom is 0.416 e. The van der Waals surface area contributed by atoms with Gasteiger partial charge in [0.15, 0.2) is 0 Å².